The summed E-state index contributed by atoms with van der Waals surface area (Å²) in [6.45, 7) is 4.06. The minimum absolute atomic E-state index is 0.127. The summed E-state index contributed by atoms with van der Waals surface area (Å²) in [4.78, 5) is 4.23. The van der Waals surface area contributed by atoms with Crippen molar-refractivity contribution in [2.45, 2.75) is 26.2 Å². The first-order valence-electron chi connectivity index (χ1n) is 8.43. The number of hydrogen-bond donors (Lipinski definition) is 1. The Kier molecular flexibility index (Phi) is 5.24. The molecule has 0 spiro atoms. The van der Waals surface area contributed by atoms with Crippen LogP contribution in [0.5, 0.6) is 0 Å². The van der Waals surface area contributed by atoms with Gasteiger partial charge in [-0.1, -0.05) is 59.8 Å². The third kappa shape index (κ3) is 3.94. The Bertz CT molecular complexity index is 872. The molecule has 25 heavy (non-hydrogen) atoms. The molecule has 3 aromatic rings. The third-order valence-corrected chi connectivity index (χ3v) is 4.51. The van der Waals surface area contributed by atoms with Gasteiger partial charge in [-0.2, -0.15) is 0 Å². The number of aromatic nitrogens is 1. The van der Waals surface area contributed by atoms with Crippen molar-refractivity contribution in [2.24, 2.45) is 5.16 Å². The van der Waals surface area contributed by atoms with E-state index >= 15 is 0 Å². The maximum atomic E-state index is 9.65. The van der Waals surface area contributed by atoms with Crippen molar-refractivity contribution in [3.63, 3.8) is 0 Å². The van der Waals surface area contributed by atoms with E-state index in [1.54, 1.807) is 6.20 Å². The molecule has 3 rings (SSSR count). The fourth-order valence-corrected chi connectivity index (χ4v) is 3.21. The van der Waals surface area contributed by atoms with Crippen LogP contribution in [0.4, 0.5) is 0 Å². The third-order valence-electron chi connectivity index (χ3n) is 4.51. The molecule has 2 aromatic carbocycles. The van der Waals surface area contributed by atoms with E-state index in [1.807, 2.05) is 43.3 Å². The predicted octanol–water partition coefficient (Wildman–Crippen LogP) is 5.10. The van der Waals surface area contributed by atoms with Crippen LogP contribution in [0.1, 0.15) is 40.3 Å². The van der Waals surface area contributed by atoms with Gasteiger partial charge in [0.2, 0.25) is 0 Å². The monoisotopic (exact) mass is 330 g/mol. The fourth-order valence-electron chi connectivity index (χ4n) is 3.21. The summed E-state index contributed by atoms with van der Waals surface area (Å²) in [5.41, 5.74) is 6.18. The number of pyridine rings is 1. The number of nitrogens with zero attached hydrogens (tertiary/aromatic N) is 2. The Balaban J connectivity index is 2.02. The molecular weight excluding hydrogens is 308 g/mol. The molecule has 3 heteroatoms. The van der Waals surface area contributed by atoms with Crippen LogP contribution in [0.25, 0.3) is 0 Å². The second-order valence-electron chi connectivity index (χ2n) is 6.26. The largest absolute Gasteiger partial charge is 0.411 e. The van der Waals surface area contributed by atoms with Crippen LogP contribution < -0.4 is 0 Å². The second kappa shape index (κ2) is 7.75. The SMILES string of the molecule is Cc1cc(/C(C[C@H](c2ccccc2)c2ccccc2C)=N\O)ccn1. The van der Waals surface area contributed by atoms with E-state index in [1.165, 1.54) is 16.7 Å². The summed E-state index contributed by atoms with van der Waals surface area (Å²) < 4.78 is 0. The van der Waals surface area contributed by atoms with E-state index < -0.39 is 0 Å². The van der Waals surface area contributed by atoms with Crippen LogP contribution in [0, 0.1) is 13.8 Å². The summed E-state index contributed by atoms with van der Waals surface area (Å²) in [5, 5.41) is 13.3. The van der Waals surface area contributed by atoms with Crippen molar-refractivity contribution in [1.82, 2.24) is 4.98 Å². The van der Waals surface area contributed by atoms with E-state index in [2.05, 4.69) is 47.4 Å². The highest BCUT2D eigenvalue weighted by atomic mass is 16.4. The second-order valence-corrected chi connectivity index (χ2v) is 6.26. The summed E-state index contributed by atoms with van der Waals surface area (Å²) in [5.74, 6) is 0.127. The maximum absolute atomic E-state index is 9.65. The van der Waals surface area contributed by atoms with Gasteiger partial charge in [0.05, 0.1) is 5.71 Å². The topological polar surface area (TPSA) is 45.5 Å². The van der Waals surface area contributed by atoms with Gasteiger partial charge in [-0.15, -0.1) is 0 Å². The zero-order chi connectivity index (χ0) is 17.6. The highest BCUT2D eigenvalue weighted by molar-refractivity contribution is 6.00. The van der Waals surface area contributed by atoms with Gasteiger partial charge in [-0.05, 0) is 42.7 Å². The lowest BCUT2D eigenvalue weighted by Crippen LogP contribution is -2.12. The van der Waals surface area contributed by atoms with Gasteiger partial charge in [0.25, 0.3) is 0 Å². The first-order chi connectivity index (χ1) is 12.2. The number of hydrogen-bond acceptors (Lipinski definition) is 3. The normalized spacial score (nSPS) is 12.8. The van der Waals surface area contributed by atoms with E-state index in [-0.39, 0.29) is 5.92 Å². The van der Waals surface area contributed by atoms with Crippen LogP contribution in [0.2, 0.25) is 0 Å². The van der Waals surface area contributed by atoms with E-state index in [0.717, 1.165) is 11.3 Å². The zero-order valence-electron chi connectivity index (χ0n) is 14.6. The van der Waals surface area contributed by atoms with Crippen molar-refractivity contribution in [3.8, 4) is 0 Å². The van der Waals surface area contributed by atoms with Gasteiger partial charge in [0.15, 0.2) is 0 Å². The highest BCUT2D eigenvalue weighted by Crippen LogP contribution is 2.31. The quantitative estimate of drug-likeness (QED) is 0.402. The lowest BCUT2D eigenvalue weighted by atomic mass is 9.83. The standard InChI is InChI=1S/C22H22N2O/c1-16-8-6-7-11-20(16)21(18-9-4-3-5-10-18)15-22(24-25)19-12-13-23-17(2)14-19/h3-14,21,25H,15H2,1-2H3/b24-22-/t21-/m1/s1. The smallest absolute Gasteiger partial charge is 0.0878 e. The highest BCUT2D eigenvalue weighted by Gasteiger charge is 2.20. The maximum Gasteiger partial charge on any atom is 0.0878 e. The fraction of sp³-hybridized carbons (Fsp3) is 0.182. The molecule has 1 atom stereocenters. The molecule has 0 radical (unpaired) electrons. The molecule has 0 aliphatic carbocycles. The number of oxime groups is 1. The summed E-state index contributed by atoms with van der Waals surface area (Å²) in [6, 6.07) is 22.6. The van der Waals surface area contributed by atoms with Crippen LogP contribution in [-0.4, -0.2) is 15.9 Å². The number of rotatable bonds is 5. The molecule has 0 saturated heterocycles. The van der Waals surface area contributed by atoms with Gasteiger partial charge in [-0.25, -0.2) is 0 Å². The number of benzene rings is 2. The van der Waals surface area contributed by atoms with Crippen molar-refractivity contribution >= 4 is 5.71 Å². The van der Waals surface area contributed by atoms with Gasteiger partial charge in [0, 0.05) is 29.8 Å². The minimum atomic E-state index is 0.127. The van der Waals surface area contributed by atoms with Crippen LogP contribution in [0.3, 0.4) is 0 Å². The summed E-state index contributed by atoms with van der Waals surface area (Å²) in [7, 11) is 0. The Hall–Kier alpha value is -2.94. The van der Waals surface area contributed by atoms with Crippen LogP contribution >= 0.6 is 0 Å². The van der Waals surface area contributed by atoms with E-state index in [0.29, 0.717) is 12.1 Å². The molecule has 0 fully saturated rings. The molecule has 0 aliphatic heterocycles. The van der Waals surface area contributed by atoms with Crippen LogP contribution in [0.15, 0.2) is 78.1 Å². The average molecular weight is 330 g/mol. The van der Waals surface area contributed by atoms with Crippen molar-refractivity contribution < 1.29 is 5.21 Å². The van der Waals surface area contributed by atoms with Gasteiger partial charge in [0.1, 0.15) is 0 Å². The molecule has 0 unspecified atom stereocenters. The lowest BCUT2D eigenvalue weighted by Gasteiger charge is -2.21. The van der Waals surface area contributed by atoms with Gasteiger partial charge >= 0.3 is 0 Å². The van der Waals surface area contributed by atoms with Crippen LogP contribution in [-0.2, 0) is 0 Å². The summed E-state index contributed by atoms with van der Waals surface area (Å²) >= 11 is 0. The molecule has 0 amide bonds. The van der Waals surface area contributed by atoms with Gasteiger partial charge < -0.3 is 5.21 Å². The minimum Gasteiger partial charge on any atom is -0.411 e. The van der Waals surface area contributed by atoms with Crippen molar-refractivity contribution in [1.29, 1.82) is 0 Å². The number of aryl methyl sites for hydroxylation is 2. The molecule has 3 nitrogen and oxygen atoms in total. The van der Waals surface area contributed by atoms with E-state index in [9.17, 15) is 5.21 Å². The lowest BCUT2D eigenvalue weighted by molar-refractivity contribution is 0.317. The average Bonchev–Trinajstić information content (AvgIpc) is 2.64. The first kappa shape index (κ1) is 16.9. The molecule has 0 saturated carbocycles. The zero-order valence-corrected chi connectivity index (χ0v) is 14.6. The predicted molar refractivity (Wildman–Crippen MR) is 101 cm³/mol. The molecule has 0 aliphatic rings. The Labute approximate surface area is 148 Å². The summed E-state index contributed by atoms with van der Waals surface area (Å²) in [6.07, 6.45) is 2.37. The van der Waals surface area contributed by atoms with Crippen molar-refractivity contribution in [2.75, 3.05) is 0 Å². The molecule has 1 N–H and O–H groups in total. The molecule has 1 heterocycles. The van der Waals surface area contributed by atoms with E-state index in [4.69, 9.17) is 0 Å². The Morgan fingerprint density at radius 2 is 1.72 bits per heavy atom. The molecular formula is C22H22N2O. The molecule has 126 valence electrons. The van der Waals surface area contributed by atoms with Crippen molar-refractivity contribution in [3.05, 3.63) is 101 Å². The Morgan fingerprint density at radius 1 is 1.00 bits per heavy atom. The first-order valence-corrected chi connectivity index (χ1v) is 8.43. The molecule has 0 bridgehead atoms. The Morgan fingerprint density at radius 3 is 2.40 bits per heavy atom. The van der Waals surface area contributed by atoms with Gasteiger partial charge in [-0.3, -0.25) is 4.98 Å². The molecule has 1 aromatic heterocycles.